The average molecular weight is 395 g/mol. The summed E-state index contributed by atoms with van der Waals surface area (Å²) in [5.74, 6) is -1.09. The minimum atomic E-state index is -1.25. The highest BCUT2D eigenvalue weighted by Crippen LogP contribution is 2.38. The number of urea groups is 1. The van der Waals surface area contributed by atoms with Crippen LogP contribution in [0.1, 0.15) is 38.8 Å². The number of imide groups is 1. The van der Waals surface area contributed by atoms with Gasteiger partial charge in [-0.1, -0.05) is 30.3 Å². The molecule has 29 heavy (non-hydrogen) atoms. The van der Waals surface area contributed by atoms with E-state index in [2.05, 4.69) is 4.98 Å². The lowest BCUT2D eigenvalue weighted by Crippen LogP contribution is -2.44. The van der Waals surface area contributed by atoms with Gasteiger partial charge in [0.2, 0.25) is 0 Å². The first kappa shape index (κ1) is 20.5. The van der Waals surface area contributed by atoms with E-state index in [0.717, 1.165) is 10.5 Å². The van der Waals surface area contributed by atoms with Gasteiger partial charge in [0.25, 0.3) is 5.91 Å². The highest BCUT2D eigenvalue weighted by Gasteiger charge is 2.55. The lowest BCUT2D eigenvalue weighted by molar-refractivity contribution is -0.157. The second kappa shape index (κ2) is 7.66. The van der Waals surface area contributed by atoms with Gasteiger partial charge >= 0.3 is 12.0 Å². The van der Waals surface area contributed by atoms with Crippen LogP contribution in [0.15, 0.2) is 54.9 Å². The van der Waals surface area contributed by atoms with Crippen LogP contribution in [0.4, 0.5) is 4.79 Å². The predicted octanol–water partition coefficient (Wildman–Crippen LogP) is 3.10. The number of pyridine rings is 1. The molecule has 1 unspecified atom stereocenters. The van der Waals surface area contributed by atoms with E-state index in [4.69, 9.17) is 4.74 Å². The van der Waals surface area contributed by atoms with Crippen molar-refractivity contribution in [3.63, 3.8) is 0 Å². The van der Waals surface area contributed by atoms with Gasteiger partial charge in [-0.2, -0.15) is 0 Å². The molecule has 1 aliphatic heterocycles. The molecule has 1 fully saturated rings. The summed E-state index contributed by atoms with van der Waals surface area (Å²) in [6, 6.07) is 12.3. The first-order valence-electron chi connectivity index (χ1n) is 9.43. The Morgan fingerprint density at radius 2 is 1.69 bits per heavy atom. The van der Waals surface area contributed by atoms with Crippen LogP contribution < -0.4 is 0 Å². The fraction of sp³-hybridized carbons (Fsp3) is 0.364. The number of hydrogen-bond acceptors (Lipinski definition) is 5. The lowest BCUT2D eigenvalue weighted by atomic mass is 9.90. The Balaban J connectivity index is 1.96. The predicted molar refractivity (Wildman–Crippen MR) is 107 cm³/mol. The monoisotopic (exact) mass is 395 g/mol. The molecule has 7 nitrogen and oxygen atoms in total. The van der Waals surface area contributed by atoms with Gasteiger partial charge in [-0.25, -0.2) is 4.79 Å². The molecule has 0 bridgehead atoms. The van der Waals surface area contributed by atoms with Crippen molar-refractivity contribution in [1.29, 1.82) is 0 Å². The Morgan fingerprint density at radius 3 is 2.28 bits per heavy atom. The maximum atomic E-state index is 13.4. The fourth-order valence-corrected chi connectivity index (χ4v) is 3.39. The van der Waals surface area contributed by atoms with Gasteiger partial charge in [0.05, 0.1) is 0 Å². The van der Waals surface area contributed by atoms with E-state index in [9.17, 15) is 14.4 Å². The highest BCUT2D eigenvalue weighted by molar-refractivity contribution is 6.08. The fourth-order valence-electron chi connectivity index (χ4n) is 3.39. The van der Waals surface area contributed by atoms with Gasteiger partial charge in [-0.3, -0.25) is 19.5 Å². The minimum Gasteiger partial charge on any atom is -0.459 e. The van der Waals surface area contributed by atoms with Crippen molar-refractivity contribution in [3.05, 3.63) is 66.0 Å². The second-order valence-corrected chi connectivity index (χ2v) is 8.14. The Kier molecular flexibility index (Phi) is 5.42. The summed E-state index contributed by atoms with van der Waals surface area (Å²) in [6.07, 6.45) is 3.16. The molecular weight excluding hydrogens is 370 g/mol. The Labute approximate surface area is 170 Å². The summed E-state index contributed by atoms with van der Waals surface area (Å²) in [4.78, 5) is 45.4. The van der Waals surface area contributed by atoms with Crippen LogP contribution >= 0.6 is 0 Å². The number of aromatic nitrogens is 1. The van der Waals surface area contributed by atoms with E-state index in [-0.39, 0.29) is 6.54 Å². The molecule has 0 radical (unpaired) electrons. The topological polar surface area (TPSA) is 79.8 Å². The van der Waals surface area contributed by atoms with Crippen LogP contribution in [0.25, 0.3) is 0 Å². The van der Waals surface area contributed by atoms with Crippen molar-refractivity contribution in [2.45, 2.75) is 45.4 Å². The number of carbonyl (C=O) groups is 3. The van der Waals surface area contributed by atoms with Gasteiger partial charge in [-0.15, -0.1) is 0 Å². The molecule has 1 aromatic carbocycles. The van der Waals surface area contributed by atoms with Gasteiger partial charge in [-0.05, 0) is 51.0 Å². The number of rotatable bonds is 5. The van der Waals surface area contributed by atoms with Crippen LogP contribution in [0.5, 0.6) is 0 Å². The number of esters is 1. The average Bonchev–Trinajstić information content (AvgIpc) is 2.84. The molecule has 1 atom stereocenters. The van der Waals surface area contributed by atoms with Crippen LogP contribution in [-0.4, -0.2) is 44.8 Å². The largest absolute Gasteiger partial charge is 0.459 e. The van der Waals surface area contributed by atoms with Crippen LogP contribution in [0.3, 0.4) is 0 Å². The summed E-state index contributed by atoms with van der Waals surface area (Å²) in [6.45, 7) is 6.71. The van der Waals surface area contributed by atoms with E-state index in [1.54, 1.807) is 52.2 Å². The SMILES string of the molecule is CC(C)(C)OC(=O)CN1C(=O)N(Cc2ccccc2)C(C)(c2ccncc2)C1=O. The maximum absolute atomic E-state index is 13.4. The number of ether oxygens (including phenoxy) is 1. The Bertz CT molecular complexity index is 909. The third-order valence-corrected chi connectivity index (χ3v) is 4.80. The van der Waals surface area contributed by atoms with Gasteiger partial charge in [0.15, 0.2) is 0 Å². The Morgan fingerprint density at radius 1 is 1.07 bits per heavy atom. The van der Waals surface area contributed by atoms with Crippen LogP contribution in [0, 0.1) is 0 Å². The maximum Gasteiger partial charge on any atom is 0.328 e. The van der Waals surface area contributed by atoms with E-state index in [0.29, 0.717) is 5.56 Å². The van der Waals surface area contributed by atoms with Crippen LogP contribution in [0.2, 0.25) is 0 Å². The highest BCUT2D eigenvalue weighted by atomic mass is 16.6. The van der Waals surface area contributed by atoms with Crippen molar-refractivity contribution >= 4 is 17.9 Å². The molecule has 2 aromatic rings. The second-order valence-electron chi connectivity index (χ2n) is 8.14. The third kappa shape index (κ3) is 4.13. The molecule has 152 valence electrons. The normalized spacial score (nSPS) is 19.6. The quantitative estimate of drug-likeness (QED) is 0.574. The molecule has 2 heterocycles. The number of amides is 3. The van der Waals surface area contributed by atoms with E-state index in [1.807, 2.05) is 30.3 Å². The summed E-state index contributed by atoms with van der Waals surface area (Å²) in [7, 11) is 0. The van der Waals surface area contributed by atoms with Crippen molar-refractivity contribution in [2.75, 3.05) is 6.54 Å². The molecule has 0 spiro atoms. The molecular formula is C22H25N3O4. The van der Waals surface area contributed by atoms with Crippen molar-refractivity contribution in [1.82, 2.24) is 14.8 Å². The van der Waals surface area contributed by atoms with Crippen molar-refractivity contribution in [3.8, 4) is 0 Å². The summed E-state index contributed by atoms with van der Waals surface area (Å²) < 4.78 is 5.31. The third-order valence-electron chi connectivity index (χ3n) is 4.80. The van der Waals surface area contributed by atoms with E-state index < -0.39 is 35.6 Å². The molecule has 1 saturated heterocycles. The van der Waals surface area contributed by atoms with Crippen molar-refractivity contribution < 1.29 is 19.1 Å². The summed E-state index contributed by atoms with van der Waals surface area (Å²) in [5, 5.41) is 0. The molecule has 1 aliphatic rings. The summed E-state index contributed by atoms with van der Waals surface area (Å²) >= 11 is 0. The summed E-state index contributed by atoms with van der Waals surface area (Å²) in [5.41, 5.74) is -0.444. The number of hydrogen-bond donors (Lipinski definition) is 0. The molecule has 0 aliphatic carbocycles. The number of nitrogens with zero attached hydrogens (tertiary/aromatic N) is 3. The zero-order chi connectivity index (χ0) is 21.2. The lowest BCUT2D eigenvalue weighted by Gasteiger charge is -2.32. The van der Waals surface area contributed by atoms with Gasteiger partial charge in [0, 0.05) is 18.9 Å². The standard InChI is InChI=1S/C22H25N3O4/c1-21(2,3)29-18(26)15-24-19(27)22(4,17-10-12-23-13-11-17)25(20(24)28)14-16-8-6-5-7-9-16/h5-13H,14-15H2,1-4H3. The zero-order valence-corrected chi connectivity index (χ0v) is 17.1. The molecule has 1 aromatic heterocycles. The first-order chi connectivity index (χ1) is 13.6. The van der Waals surface area contributed by atoms with Gasteiger partial charge in [0.1, 0.15) is 17.7 Å². The smallest absolute Gasteiger partial charge is 0.328 e. The zero-order valence-electron chi connectivity index (χ0n) is 17.1. The number of benzene rings is 1. The van der Waals surface area contributed by atoms with Crippen LogP contribution in [-0.2, 0) is 26.4 Å². The minimum absolute atomic E-state index is 0.231. The Hall–Kier alpha value is -3.22. The first-order valence-corrected chi connectivity index (χ1v) is 9.43. The molecule has 3 amide bonds. The molecule has 3 rings (SSSR count). The molecule has 0 saturated carbocycles. The molecule has 7 heteroatoms. The van der Waals surface area contributed by atoms with E-state index in [1.165, 1.54) is 4.90 Å². The van der Waals surface area contributed by atoms with Crippen molar-refractivity contribution in [2.24, 2.45) is 0 Å². The number of carbonyl (C=O) groups excluding carboxylic acids is 3. The van der Waals surface area contributed by atoms with Gasteiger partial charge < -0.3 is 9.64 Å². The van der Waals surface area contributed by atoms with E-state index >= 15 is 0 Å². The molecule has 0 N–H and O–H groups in total.